The molecule has 4 aromatic rings. The van der Waals surface area contributed by atoms with Gasteiger partial charge in [0.1, 0.15) is 24.5 Å². The van der Waals surface area contributed by atoms with E-state index in [-0.39, 0.29) is 77.8 Å². The average Bonchev–Trinajstić information content (AvgIpc) is 3.81. The summed E-state index contributed by atoms with van der Waals surface area (Å²) in [6.45, 7) is 1.39. The molecule has 4 atom stereocenters. The molecule has 3 aromatic carbocycles. The van der Waals surface area contributed by atoms with E-state index in [2.05, 4.69) is 5.16 Å². The van der Waals surface area contributed by atoms with Crippen LogP contribution in [-0.4, -0.2) is 69.5 Å². The highest BCUT2D eigenvalue weighted by molar-refractivity contribution is 6.16. The van der Waals surface area contributed by atoms with E-state index in [9.17, 15) is 19.8 Å². The number of carbonyl (C=O) groups excluding carboxylic acids is 2. The third-order valence-corrected chi connectivity index (χ3v) is 11.3. The maximum Gasteiger partial charge on any atom is 0.417 e. The second kappa shape index (κ2) is 13.7. The summed E-state index contributed by atoms with van der Waals surface area (Å²) in [5.41, 5.74) is -2.61. The number of aliphatic hydroxyl groups is 1. The van der Waals surface area contributed by atoms with Crippen molar-refractivity contribution in [3.8, 4) is 11.6 Å². The molecule has 0 saturated carbocycles. The second-order valence-corrected chi connectivity index (χ2v) is 14.9. The first-order valence-corrected chi connectivity index (χ1v) is 18.1. The van der Waals surface area contributed by atoms with Gasteiger partial charge >= 0.3 is 6.18 Å². The summed E-state index contributed by atoms with van der Waals surface area (Å²) in [4.78, 5) is 33.0. The van der Waals surface area contributed by atoms with Crippen LogP contribution in [0.4, 0.5) is 13.2 Å². The van der Waals surface area contributed by atoms with Crippen molar-refractivity contribution >= 4 is 11.6 Å². The standard InChI is InChI=1S/C41H40F3N3O7/c1-46(2)34-28-18-25-17-27-31(29(52-21-23-11-5-3-6-12-23)19-26(33(27)41(42,43)44)20-47-15-9-10-16-47)35(48)30(25)37(49)40(28,51)38(50)32-36(34)54-45-39(32)53-22-24-13-7-4-8-14-24/h3-8,11-14,19,25,28,34,49,51H,9-10,15-18,20-22H2,1-2H3/p+1/t25-,28-,34-,40-/m0/s1. The Morgan fingerprint density at radius 1 is 0.981 bits per heavy atom. The van der Waals surface area contributed by atoms with E-state index in [0.29, 0.717) is 13.1 Å². The maximum atomic E-state index is 15.3. The number of rotatable bonds is 9. The lowest BCUT2D eigenvalue weighted by atomic mass is 9.58. The molecule has 1 aliphatic heterocycles. The van der Waals surface area contributed by atoms with Crippen molar-refractivity contribution in [1.29, 1.82) is 0 Å². The molecule has 0 bridgehead atoms. The molecule has 3 aliphatic carbocycles. The SMILES string of the molecule is CN(C)[C@@H]1c2onc(OCc3ccccc3)c2C(=O)[C@@]2(O)C([OH2+])=C3C(=O)c4c(OCc5ccccc5)cc(CN5CCCC5)c(C(F)(F)F)c4C[C@H]3C[C@@H]12. The monoisotopic (exact) mass is 744 g/mol. The largest absolute Gasteiger partial charge is 0.594 e. The Labute approximate surface area is 309 Å². The van der Waals surface area contributed by atoms with Gasteiger partial charge in [0, 0.05) is 18.4 Å². The number of halogens is 3. The normalized spacial score (nSPS) is 23.9. The summed E-state index contributed by atoms with van der Waals surface area (Å²) in [5, 5.41) is 26.0. The number of carbonyl (C=O) groups is 2. The topological polar surface area (TPSA) is 128 Å². The maximum absolute atomic E-state index is 15.3. The van der Waals surface area contributed by atoms with Gasteiger partial charge < -0.3 is 24.2 Å². The van der Waals surface area contributed by atoms with E-state index in [1.54, 1.807) is 19.0 Å². The summed E-state index contributed by atoms with van der Waals surface area (Å²) in [6, 6.07) is 18.8. The van der Waals surface area contributed by atoms with Crippen molar-refractivity contribution in [1.82, 2.24) is 15.0 Å². The number of fused-ring (bicyclic) bond motifs is 4. The molecule has 0 unspecified atom stereocenters. The smallest absolute Gasteiger partial charge is 0.417 e. The van der Waals surface area contributed by atoms with Crippen LogP contribution in [-0.2, 0) is 32.4 Å². The number of ketones is 2. The van der Waals surface area contributed by atoms with E-state index in [1.807, 2.05) is 65.6 Å². The number of likely N-dealkylation sites (tertiary alicyclic amines) is 1. The third-order valence-electron chi connectivity index (χ3n) is 11.3. The molecule has 8 rings (SSSR count). The highest BCUT2D eigenvalue weighted by atomic mass is 19.4. The average molecular weight is 745 g/mol. The van der Waals surface area contributed by atoms with Crippen molar-refractivity contribution < 1.29 is 47.0 Å². The van der Waals surface area contributed by atoms with Crippen LogP contribution in [0.25, 0.3) is 0 Å². The molecule has 0 radical (unpaired) electrons. The Morgan fingerprint density at radius 2 is 1.61 bits per heavy atom. The summed E-state index contributed by atoms with van der Waals surface area (Å²) >= 11 is 0. The number of hydrogen-bond acceptors (Lipinski definition) is 9. The minimum absolute atomic E-state index is 0.0116. The predicted molar refractivity (Wildman–Crippen MR) is 190 cm³/mol. The van der Waals surface area contributed by atoms with Crippen LogP contribution in [0.2, 0.25) is 0 Å². The fraction of sp³-hybridized carbons (Fsp3) is 0.390. The quantitative estimate of drug-likeness (QED) is 0.204. The van der Waals surface area contributed by atoms with Crippen LogP contribution in [0, 0.1) is 11.8 Å². The van der Waals surface area contributed by atoms with Gasteiger partial charge in [-0.05, 0) is 86.3 Å². The Hall–Kier alpha value is -4.98. The molecular formula is C41H41F3N3O7+. The van der Waals surface area contributed by atoms with Gasteiger partial charge in [-0.25, -0.2) is 0 Å². The van der Waals surface area contributed by atoms with Crippen molar-refractivity contribution in [2.45, 2.75) is 63.3 Å². The number of Topliss-reactive ketones (excluding diaryl/α,β-unsaturated/α-hetero) is 2. The van der Waals surface area contributed by atoms with Crippen LogP contribution >= 0.6 is 0 Å². The lowest BCUT2D eigenvalue weighted by Crippen LogP contribution is -2.59. The van der Waals surface area contributed by atoms with E-state index >= 15 is 13.2 Å². The summed E-state index contributed by atoms with van der Waals surface area (Å²) in [6.07, 6.45) is -3.33. The van der Waals surface area contributed by atoms with Crippen molar-refractivity contribution in [2.24, 2.45) is 11.8 Å². The minimum Gasteiger partial charge on any atom is -0.594 e. The molecule has 13 heteroatoms. The first-order valence-electron chi connectivity index (χ1n) is 18.1. The molecule has 1 saturated heterocycles. The number of nitrogens with zero attached hydrogens (tertiary/aromatic N) is 3. The molecule has 282 valence electrons. The number of alkyl halides is 3. The lowest BCUT2D eigenvalue weighted by Gasteiger charge is -2.47. The molecule has 0 amide bonds. The third kappa shape index (κ3) is 5.98. The zero-order valence-corrected chi connectivity index (χ0v) is 29.9. The number of hydrogen-bond donors (Lipinski definition) is 1. The van der Waals surface area contributed by atoms with Crippen molar-refractivity contribution in [3.63, 3.8) is 0 Å². The lowest BCUT2D eigenvalue weighted by molar-refractivity contribution is -0.139. The van der Waals surface area contributed by atoms with Gasteiger partial charge in [-0.1, -0.05) is 60.7 Å². The highest BCUT2D eigenvalue weighted by Gasteiger charge is 2.66. The van der Waals surface area contributed by atoms with Gasteiger partial charge in [-0.2, -0.15) is 13.2 Å². The zero-order chi connectivity index (χ0) is 37.9. The predicted octanol–water partition coefficient (Wildman–Crippen LogP) is 6.03. The van der Waals surface area contributed by atoms with Crippen molar-refractivity contribution in [2.75, 3.05) is 27.2 Å². The fourth-order valence-electron chi connectivity index (χ4n) is 8.92. The van der Waals surface area contributed by atoms with Gasteiger partial charge in [0.25, 0.3) is 11.6 Å². The minimum atomic E-state index is -4.80. The molecule has 2 heterocycles. The molecule has 1 aromatic heterocycles. The molecule has 10 nitrogen and oxygen atoms in total. The second-order valence-electron chi connectivity index (χ2n) is 14.9. The molecule has 4 aliphatic rings. The molecular weight excluding hydrogens is 703 g/mol. The Morgan fingerprint density at radius 3 is 2.22 bits per heavy atom. The first kappa shape index (κ1) is 36.0. The number of allylic oxidation sites excluding steroid dienone is 1. The molecule has 0 spiro atoms. The summed E-state index contributed by atoms with van der Waals surface area (Å²) < 4.78 is 63.6. The highest BCUT2D eigenvalue weighted by Crippen LogP contribution is 2.57. The fourth-order valence-corrected chi connectivity index (χ4v) is 8.92. The van der Waals surface area contributed by atoms with Gasteiger partial charge in [-0.3, -0.25) is 19.4 Å². The van der Waals surface area contributed by atoms with Gasteiger partial charge in [0.2, 0.25) is 17.2 Å². The van der Waals surface area contributed by atoms with Crippen molar-refractivity contribution in [3.05, 3.63) is 123 Å². The number of aromatic nitrogens is 1. The number of ether oxygens (including phenoxy) is 2. The van der Waals surface area contributed by atoms with E-state index in [0.717, 1.165) is 24.0 Å². The van der Waals surface area contributed by atoms with Gasteiger partial charge in [0.15, 0.2) is 5.76 Å². The van der Waals surface area contributed by atoms with Crippen LogP contribution in [0.15, 0.2) is 82.6 Å². The van der Waals surface area contributed by atoms with Crippen LogP contribution in [0.3, 0.4) is 0 Å². The van der Waals surface area contributed by atoms with E-state index < -0.39 is 52.5 Å². The van der Waals surface area contributed by atoms with Crippen LogP contribution in [0.1, 0.15) is 79.6 Å². The van der Waals surface area contributed by atoms with Crippen LogP contribution < -0.4 is 9.47 Å². The summed E-state index contributed by atoms with van der Waals surface area (Å²) in [5.74, 6) is -4.40. The number of benzene rings is 3. The summed E-state index contributed by atoms with van der Waals surface area (Å²) in [7, 11) is 3.43. The first-order chi connectivity index (χ1) is 25.9. The van der Waals surface area contributed by atoms with Gasteiger partial charge in [-0.15, -0.1) is 0 Å². The Kier molecular flexibility index (Phi) is 9.14. The van der Waals surface area contributed by atoms with Gasteiger partial charge in [0.05, 0.1) is 22.7 Å². The zero-order valence-electron chi connectivity index (χ0n) is 29.9. The van der Waals surface area contributed by atoms with E-state index in [4.69, 9.17) is 14.0 Å². The van der Waals surface area contributed by atoms with Crippen LogP contribution in [0.5, 0.6) is 11.6 Å². The molecule has 3 N–H and O–H groups in total. The molecule has 54 heavy (non-hydrogen) atoms. The Bertz CT molecular complexity index is 2130. The molecule has 1 fully saturated rings. The Balaban J connectivity index is 1.25. The van der Waals surface area contributed by atoms with E-state index in [1.165, 1.54) is 6.07 Å².